The van der Waals surface area contributed by atoms with Crippen LogP contribution in [0.25, 0.3) is 0 Å². The molecule has 0 spiro atoms. The fourth-order valence-corrected chi connectivity index (χ4v) is 9.39. The molecule has 34 heavy (non-hydrogen) atoms. The van der Waals surface area contributed by atoms with Crippen LogP contribution < -0.4 is 0 Å². The molecule has 176 valence electrons. The number of rotatable bonds is 7. The van der Waals surface area contributed by atoms with E-state index in [1.807, 2.05) is 0 Å². The lowest BCUT2D eigenvalue weighted by molar-refractivity contribution is 0.768. The highest BCUT2D eigenvalue weighted by Gasteiger charge is 2.38. The van der Waals surface area contributed by atoms with Crippen molar-refractivity contribution in [3.8, 4) is 0 Å². The minimum atomic E-state index is -1.71. The fourth-order valence-electron chi connectivity index (χ4n) is 4.88. The quantitative estimate of drug-likeness (QED) is 0.254. The molecule has 0 N–H and O–H groups in total. The SMILES string of the molecule is CC(C)c1cc(C(C)C)c(S(c2ccccc2)(c2ccccc2)c2ccccc2)c(C(C)C)c1. The zero-order valence-electron chi connectivity index (χ0n) is 21.5. The average Bonchev–Trinajstić information content (AvgIpc) is 2.86. The highest BCUT2D eigenvalue weighted by Crippen LogP contribution is 2.75. The van der Waals surface area contributed by atoms with E-state index in [2.05, 4.69) is 145 Å². The van der Waals surface area contributed by atoms with E-state index in [0.717, 1.165) is 0 Å². The van der Waals surface area contributed by atoms with Gasteiger partial charge in [-0.25, -0.2) is 0 Å². The van der Waals surface area contributed by atoms with E-state index >= 15 is 0 Å². The maximum atomic E-state index is 2.51. The van der Waals surface area contributed by atoms with E-state index in [9.17, 15) is 0 Å². The van der Waals surface area contributed by atoms with Crippen LogP contribution in [0.4, 0.5) is 0 Å². The molecule has 4 aromatic carbocycles. The van der Waals surface area contributed by atoms with Crippen molar-refractivity contribution in [2.45, 2.75) is 78.9 Å². The van der Waals surface area contributed by atoms with Crippen LogP contribution in [0.2, 0.25) is 0 Å². The molecule has 0 aliphatic rings. The smallest absolute Gasteiger partial charge is 0.00925 e. The van der Waals surface area contributed by atoms with E-state index in [0.29, 0.717) is 17.8 Å². The summed E-state index contributed by atoms with van der Waals surface area (Å²) >= 11 is 0. The van der Waals surface area contributed by atoms with Gasteiger partial charge >= 0.3 is 0 Å². The van der Waals surface area contributed by atoms with Crippen LogP contribution in [0.1, 0.15) is 76.0 Å². The maximum absolute atomic E-state index is 2.51. The summed E-state index contributed by atoms with van der Waals surface area (Å²) in [5.74, 6) is 1.35. The summed E-state index contributed by atoms with van der Waals surface area (Å²) in [4.78, 5) is 5.72. The Labute approximate surface area is 208 Å². The first-order chi connectivity index (χ1) is 16.4. The number of benzene rings is 4. The molecule has 0 saturated heterocycles. The van der Waals surface area contributed by atoms with Crippen molar-refractivity contribution < 1.29 is 0 Å². The zero-order valence-corrected chi connectivity index (χ0v) is 22.3. The Bertz CT molecular complexity index is 1080. The number of hydrogen-bond donors (Lipinski definition) is 0. The third-order valence-electron chi connectivity index (χ3n) is 6.68. The minimum absolute atomic E-state index is 0.425. The lowest BCUT2D eigenvalue weighted by Gasteiger charge is -2.45. The van der Waals surface area contributed by atoms with Gasteiger partial charge < -0.3 is 0 Å². The van der Waals surface area contributed by atoms with Gasteiger partial charge in [-0.3, -0.25) is 0 Å². The molecule has 0 unspecified atom stereocenters. The molecule has 0 aromatic heterocycles. The third kappa shape index (κ3) is 4.34. The van der Waals surface area contributed by atoms with Crippen LogP contribution in [0.3, 0.4) is 0 Å². The van der Waals surface area contributed by atoms with E-state index in [4.69, 9.17) is 0 Å². The second-order valence-corrected chi connectivity index (χ2v) is 13.1. The Balaban J connectivity index is 2.28. The molecule has 0 nitrogen and oxygen atoms in total. The van der Waals surface area contributed by atoms with Gasteiger partial charge in [-0.15, -0.1) is 10.0 Å². The molecule has 0 atom stereocenters. The monoisotopic (exact) mass is 466 g/mol. The van der Waals surface area contributed by atoms with Gasteiger partial charge in [0, 0.05) is 19.6 Å². The molecule has 0 radical (unpaired) electrons. The maximum Gasteiger partial charge on any atom is 0.00925 e. The van der Waals surface area contributed by atoms with Crippen LogP contribution in [-0.2, 0) is 0 Å². The molecule has 0 amide bonds. The minimum Gasteiger partial charge on any atom is -0.132 e. The third-order valence-corrected chi connectivity index (χ3v) is 10.7. The molecule has 0 bridgehead atoms. The highest BCUT2D eigenvalue weighted by molar-refractivity contribution is 8.34. The first-order valence-electron chi connectivity index (χ1n) is 12.5. The van der Waals surface area contributed by atoms with Gasteiger partial charge in [-0.05, 0) is 70.8 Å². The van der Waals surface area contributed by atoms with Gasteiger partial charge in [0.25, 0.3) is 0 Å². The Morgan fingerprint density at radius 3 is 1.03 bits per heavy atom. The Morgan fingerprint density at radius 1 is 0.441 bits per heavy atom. The van der Waals surface area contributed by atoms with Crippen LogP contribution >= 0.6 is 10.0 Å². The van der Waals surface area contributed by atoms with Gasteiger partial charge in [-0.2, -0.15) is 0 Å². The largest absolute Gasteiger partial charge is 0.132 e. The van der Waals surface area contributed by atoms with Crippen molar-refractivity contribution in [1.82, 2.24) is 0 Å². The lowest BCUT2D eigenvalue weighted by Crippen LogP contribution is -2.13. The summed E-state index contributed by atoms with van der Waals surface area (Å²) in [6, 6.07) is 38.7. The zero-order chi connectivity index (χ0) is 24.3. The first-order valence-corrected chi connectivity index (χ1v) is 14.2. The molecular weight excluding hydrogens is 428 g/mol. The topological polar surface area (TPSA) is 0 Å². The van der Waals surface area contributed by atoms with Gasteiger partial charge in [0.15, 0.2) is 0 Å². The van der Waals surface area contributed by atoms with Crippen LogP contribution in [-0.4, -0.2) is 0 Å². The Morgan fingerprint density at radius 2 is 0.765 bits per heavy atom. The van der Waals surface area contributed by atoms with E-state index in [1.165, 1.54) is 36.3 Å². The summed E-state index contributed by atoms with van der Waals surface area (Å²) in [5.41, 5.74) is 4.42. The van der Waals surface area contributed by atoms with Gasteiger partial charge in [0.05, 0.1) is 0 Å². The standard InChI is InChI=1S/C33H38S/c1-24(2)27-22-31(25(3)4)33(32(23-27)26(5)6)34(28-16-10-7-11-17-28,29-18-12-8-13-19-29)30-20-14-9-15-21-30/h7-26H,1-6H3. The Hall–Kier alpha value is -2.77. The van der Waals surface area contributed by atoms with Gasteiger partial charge in [0.1, 0.15) is 0 Å². The summed E-state index contributed by atoms with van der Waals surface area (Å²) < 4.78 is 0. The molecule has 0 aliphatic heterocycles. The normalized spacial score (nSPS) is 12.5. The molecular formula is C33H38S. The van der Waals surface area contributed by atoms with Crippen molar-refractivity contribution in [1.29, 1.82) is 0 Å². The fraction of sp³-hybridized carbons (Fsp3) is 0.273. The second kappa shape index (κ2) is 10.2. The highest BCUT2D eigenvalue weighted by atomic mass is 32.3. The van der Waals surface area contributed by atoms with Crippen LogP contribution in [0.15, 0.2) is 123 Å². The predicted molar refractivity (Wildman–Crippen MR) is 149 cm³/mol. The van der Waals surface area contributed by atoms with Crippen LogP contribution in [0.5, 0.6) is 0 Å². The summed E-state index contributed by atoms with van der Waals surface area (Å²) in [6.45, 7) is 14.1. The van der Waals surface area contributed by atoms with E-state index in [-0.39, 0.29) is 0 Å². The molecule has 0 aliphatic carbocycles. The summed E-state index contributed by atoms with van der Waals surface area (Å²) in [5, 5.41) is 0. The number of hydrogen-bond acceptors (Lipinski definition) is 0. The predicted octanol–water partition coefficient (Wildman–Crippen LogP) is 10.4. The Kier molecular flexibility index (Phi) is 7.33. The van der Waals surface area contributed by atoms with Crippen molar-refractivity contribution >= 4 is 10.0 Å². The molecule has 0 fully saturated rings. The van der Waals surface area contributed by atoms with E-state index < -0.39 is 10.0 Å². The van der Waals surface area contributed by atoms with Crippen molar-refractivity contribution in [2.24, 2.45) is 0 Å². The molecule has 0 heterocycles. The molecule has 4 aromatic rings. The van der Waals surface area contributed by atoms with Crippen LogP contribution in [0, 0.1) is 0 Å². The molecule has 1 heteroatoms. The lowest BCUT2D eigenvalue weighted by atomic mass is 9.89. The molecule has 0 saturated carbocycles. The van der Waals surface area contributed by atoms with Crippen molar-refractivity contribution in [2.75, 3.05) is 0 Å². The van der Waals surface area contributed by atoms with Gasteiger partial charge in [-0.1, -0.05) is 108 Å². The van der Waals surface area contributed by atoms with Gasteiger partial charge in [0.2, 0.25) is 0 Å². The van der Waals surface area contributed by atoms with Crippen molar-refractivity contribution in [3.05, 3.63) is 120 Å². The van der Waals surface area contributed by atoms with E-state index in [1.54, 1.807) is 0 Å². The summed E-state index contributed by atoms with van der Waals surface area (Å²) in [7, 11) is -1.71. The van der Waals surface area contributed by atoms with Crippen molar-refractivity contribution in [3.63, 3.8) is 0 Å². The average molecular weight is 467 g/mol. The summed E-state index contributed by atoms with van der Waals surface area (Å²) in [6.07, 6.45) is 0. The molecule has 4 rings (SSSR count). The second-order valence-electron chi connectivity index (χ2n) is 10.0. The first kappa shape index (κ1) is 24.4.